The van der Waals surface area contributed by atoms with Crippen LogP contribution in [0, 0.1) is 11.6 Å². The van der Waals surface area contributed by atoms with E-state index in [4.69, 9.17) is 11.6 Å². The lowest BCUT2D eigenvalue weighted by Gasteiger charge is -2.34. The minimum absolute atomic E-state index is 0.0128. The van der Waals surface area contributed by atoms with Gasteiger partial charge in [-0.3, -0.25) is 4.79 Å². The van der Waals surface area contributed by atoms with Crippen LogP contribution in [0.1, 0.15) is 24.1 Å². The number of amides is 3. The summed E-state index contributed by atoms with van der Waals surface area (Å²) in [7, 11) is 0. The Bertz CT molecular complexity index is 1030. The van der Waals surface area contributed by atoms with E-state index in [2.05, 4.69) is 25.3 Å². The summed E-state index contributed by atoms with van der Waals surface area (Å²) in [5.74, 6) is -2.60. The van der Waals surface area contributed by atoms with E-state index >= 15 is 0 Å². The predicted octanol–water partition coefficient (Wildman–Crippen LogP) is 2.97. The molecule has 0 radical (unpaired) electrons. The molecule has 3 amide bonds. The summed E-state index contributed by atoms with van der Waals surface area (Å²) in [5, 5.41) is 4.27. The van der Waals surface area contributed by atoms with Crippen LogP contribution in [0.5, 0.6) is 6.01 Å². The smallest absolute Gasteiger partial charge is 0.319 e. The number of carbonyl (C=O) groups is 2. The molecule has 3 rings (SSSR count). The van der Waals surface area contributed by atoms with Crippen molar-refractivity contribution in [2.24, 2.45) is 0 Å². The second-order valence-electron chi connectivity index (χ2n) is 6.91. The molecule has 1 aromatic heterocycles. The number of hydrogen-bond acceptors (Lipinski definition) is 5. The summed E-state index contributed by atoms with van der Waals surface area (Å²) in [6.45, 7) is 1.85. The van der Waals surface area contributed by atoms with E-state index in [1.807, 2.05) is 0 Å². The van der Waals surface area contributed by atoms with Crippen LogP contribution in [0.2, 0.25) is 5.02 Å². The predicted molar refractivity (Wildman–Crippen MR) is 104 cm³/mol. The zero-order valence-corrected chi connectivity index (χ0v) is 17.6. The molecule has 1 aliphatic rings. The van der Waals surface area contributed by atoms with Crippen molar-refractivity contribution in [1.29, 1.82) is 0 Å². The van der Waals surface area contributed by atoms with Crippen molar-refractivity contribution in [1.82, 2.24) is 25.5 Å². The number of alkyl halides is 3. The van der Waals surface area contributed by atoms with Crippen LogP contribution >= 0.6 is 11.6 Å². The van der Waals surface area contributed by atoms with Gasteiger partial charge >= 0.3 is 24.8 Å². The van der Waals surface area contributed by atoms with Crippen LogP contribution in [0.15, 0.2) is 24.5 Å². The summed E-state index contributed by atoms with van der Waals surface area (Å²) in [5.41, 5.74) is -0.254. The van der Waals surface area contributed by atoms with Crippen LogP contribution in [0.25, 0.3) is 0 Å². The standard InChI is InChI=1S/C19H17ClF5N5O3/c1-8-17(31)26-4-5-30(8)19(32)29-14(10-2-3-11(21)12(20)13(10)22)9-6-27-18(28-7-9)33-16(25)15(23)24/h2-3,6-8,14-16H,4-5H2,1H3,(H,26,31)(H,29,32)/t8-,14-,16?/m1/s1. The van der Waals surface area contributed by atoms with Crippen molar-refractivity contribution in [3.63, 3.8) is 0 Å². The van der Waals surface area contributed by atoms with Crippen LogP contribution < -0.4 is 15.4 Å². The lowest BCUT2D eigenvalue weighted by molar-refractivity contribution is -0.126. The van der Waals surface area contributed by atoms with Crippen LogP contribution in [-0.4, -0.2) is 58.7 Å². The molecule has 33 heavy (non-hydrogen) atoms. The first-order chi connectivity index (χ1) is 15.6. The molecule has 8 nitrogen and oxygen atoms in total. The first-order valence-corrected chi connectivity index (χ1v) is 9.87. The molecule has 2 heterocycles. The Morgan fingerprint density at radius 2 is 1.94 bits per heavy atom. The monoisotopic (exact) mass is 493 g/mol. The first-order valence-electron chi connectivity index (χ1n) is 9.49. The molecule has 3 atom stereocenters. The molecule has 1 aliphatic heterocycles. The molecule has 0 bridgehead atoms. The van der Waals surface area contributed by atoms with Gasteiger partial charge in [0.25, 0.3) is 0 Å². The quantitative estimate of drug-likeness (QED) is 0.476. The van der Waals surface area contributed by atoms with E-state index < -0.39 is 59.5 Å². The number of aromatic nitrogens is 2. The zero-order chi connectivity index (χ0) is 24.3. The van der Waals surface area contributed by atoms with E-state index in [0.29, 0.717) is 0 Å². The van der Waals surface area contributed by atoms with Gasteiger partial charge in [-0.1, -0.05) is 17.7 Å². The topological polar surface area (TPSA) is 96.5 Å². The number of ether oxygens (including phenoxy) is 1. The van der Waals surface area contributed by atoms with Crippen molar-refractivity contribution < 1.29 is 36.3 Å². The maximum absolute atomic E-state index is 14.8. The fourth-order valence-corrected chi connectivity index (χ4v) is 3.23. The summed E-state index contributed by atoms with van der Waals surface area (Å²) in [6, 6.07) is -1.74. The maximum Gasteiger partial charge on any atom is 0.319 e. The third-order valence-corrected chi connectivity index (χ3v) is 5.15. The van der Waals surface area contributed by atoms with Crippen molar-refractivity contribution in [2.45, 2.75) is 31.8 Å². The van der Waals surface area contributed by atoms with Gasteiger partial charge in [-0.15, -0.1) is 0 Å². The normalized spacial score (nSPS) is 18.0. The number of urea groups is 1. The molecule has 2 N–H and O–H groups in total. The Balaban J connectivity index is 1.93. The van der Waals surface area contributed by atoms with Crippen LogP contribution in [-0.2, 0) is 4.79 Å². The SMILES string of the molecule is C[C@@H]1C(=O)NCCN1C(=O)N[C@H](c1cnc(OC(F)C(F)F)nc1)c1ccc(F)c(Cl)c1F. The second kappa shape index (κ2) is 10.1. The highest BCUT2D eigenvalue weighted by atomic mass is 35.5. The fourth-order valence-electron chi connectivity index (χ4n) is 3.06. The molecule has 14 heteroatoms. The number of nitrogens with one attached hydrogen (secondary N) is 2. The molecule has 0 aliphatic carbocycles. The number of carbonyl (C=O) groups excluding carboxylic acids is 2. The number of piperazine rings is 1. The van der Waals surface area contributed by atoms with E-state index in [-0.39, 0.29) is 24.2 Å². The summed E-state index contributed by atoms with van der Waals surface area (Å²) >= 11 is 5.66. The molecule has 1 fully saturated rings. The Labute approximate surface area is 189 Å². The van der Waals surface area contributed by atoms with Gasteiger partial charge in [0.05, 0.1) is 6.04 Å². The minimum atomic E-state index is -3.43. The Morgan fingerprint density at radius 3 is 2.58 bits per heavy atom. The first kappa shape index (κ1) is 24.4. The molecule has 2 aromatic rings. The average Bonchev–Trinajstić information content (AvgIpc) is 2.78. The van der Waals surface area contributed by atoms with Crippen molar-refractivity contribution in [2.75, 3.05) is 13.1 Å². The van der Waals surface area contributed by atoms with E-state index in [1.54, 1.807) is 0 Å². The van der Waals surface area contributed by atoms with E-state index in [0.717, 1.165) is 24.5 Å². The van der Waals surface area contributed by atoms with Gasteiger partial charge < -0.3 is 20.3 Å². The molecule has 1 aromatic carbocycles. The number of halogens is 6. The van der Waals surface area contributed by atoms with Gasteiger partial charge in [0.15, 0.2) is 0 Å². The lowest BCUT2D eigenvalue weighted by atomic mass is 10.0. The van der Waals surface area contributed by atoms with Crippen LogP contribution in [0.4, 0.5) is 26.7 Å². The number of nitrogens with zero attached hydrogens (tertiary/aromatic N) is 3. The molecule has 178 valence electrons. The van der Waals surface area contributed by atoms with Crippen LogP contribution in [0.3, 0.4) is 0 Å². The lowest BCUT2D eigenvalue weighted by Crippen LogP contribution is -2.58. The van der Waals surface area contributed by atoms with Gasteiger partial charge in [0, 0.05) is 36.6 Å². The van der Waals surface area contributed by atoms with Gasteiger partial charge in [-0.05, 0) is 13.0 Å². The number of benzene rings is 1. The maximum atomic E-state index is 14.8. The van der Waals surface area contributed by atoms with Gasteiger partial charge in [0.2, 0.25) is 5.91 Å². The largest absolute Gasteiger partial charge is 0.422 e. The molecular formula is C19H17ClF5N5O3. The highest BCUT2D eigenvalue weighted by Crippen LogP contribution is 2.30. The average molecular weight is 494 g/mol. The third kappa shape index (κ3) is 5.41. The highest BCUT2D eigenvalue weighted by Gasteiger charge is 2.32. The van der Waals surface area contributed by atoms with Gasteiger partial charge in [0.1, 0.15) is 22.7 Å². The second-order valence-corrected chi connectivity index (χ2v) is 7.29. The van der Waals surface area contributed by atoms with Gasteiger partial charge in [-0.25, -0.2) is 32.3 Å². The molecule has 1 saturated heterocycles. The van der Waals surface area contributed by atoms with Crippen molar-refractivity contribution >= 4 is 23.5 Å². The highest BCUT2D eigenvalue weighted by molar-refractivity contribution is 6.31. The fraction of sp³-hybridized carbons (Fsp3) is 0.368. The summed E-state index contributed by atoms with van der Waals surface area (Å²) in [4.78, 5) is 33.1. The zero-order valence-electron chi connectivity index (χ0n) is 16.9. The summed E-state index contributed by atoms with van der Waals surface area (Å²) in [6.07, 6.45) is -4.44. The number of hydrogen-bond donors (Lipinski definition) is 2. The van der Waals surface area contributed by atoms with Crippen molar-refractivity contribution in [3.05, 3.63) is 52.3 Å². The van der Waals surface area contributed by atoms with E-state index in [1.165, 1.54) is 11.8 Å². The Morgan fingerprint density at radius 1 is 1.27 bits per heavy atom. The molecule has 0 spiro atoms. The molecule has 0 saturated carbocycles. The number of rotatable bonds is 6. The Hall–Kier alpha value is -3.22. The summed E-state index contributed by atoms with van der Waals surface area (Å²) < 4.78 is 70.4. The molecular weight excluding hydrogens is 477 g/mol. The minimum Gasteiger partial charge on any atom is -0.422 e. The molecule has 1 unspecified atom stereocenters. The Kier molecular flexibility index (Phi) is 7.51. The van der Waals surface area contributed by atoms with Gasteiger partial charge in [-0.2, -0.15) is 4.39 Å². The third-order valence-electron chi connectivity index (χ3n) is 4.80. The van der Waals surface area contributed by atoms with E-state index in [9.17, 15) is 31.5 Å². The van der Waals surface area contributed by atoms with Crippen molar-refractivity contribution in [3.8, 4) is 6.01 Å².